The van der Waals surface area contributed by atoms with Gasteiger partial charge in [0.1, 0.15) is 0 Å². The maximum atomic E-state index is 12.1. The SMILES string of the molecule is CCCC1(CCC)OCC(CP(=O)(OC)OC)CO1.CO.COP(=O)(CC(CO)CO)OC. The largest absolute Gasteiger partial charge is 0.400 e. The van der Waals surface area contributed by atoms with Gasteiger partial charge < -0.3 is 42.9 Å². The van der Waals surface area contributed by atoms with Gasteiger partial charge >= 0.3 is 15.2 Å². The van der Waals surface area contributed by atoms with Crippen LogP contribution in [0.2, 0.25) is 0 Å². The van der Waals surface area contributed by atoms with Gasteiger partial charge in [-0.25, -0.2) is 0 Å². The van der Waals surface area contributed by atoms with Crippen LogP contribution in [0.5, 0.6) is 0 Å². The van der Waals surface area contributed by atoms with E-state index in [4.69, 9.17) is 33.8 Å². The maximum Gasteiger partial charge on any atom is 0.330 e. The number of aliphatic hydroxyl groups is 3. The maximum absolute atomic E-state index is 12.1. The predicted octanol–water partition coefficient (Wildman–Crippen LogP) is 3.11. The molecule has 0 saturated carbocycles. The van der Waals surface area contributed by atoms with Crippen molar-refractivity contribution in [2.75, 3.05) is 74.3 Å². The minimum Gasteiger partial charge on any atom is -0.400 e. The van der Waals surface area contributed by atoms with Crippen molar-refractivity contribution < 1.29 is 52.0 Å². The van der Waals surface area contributed by atoms with E-state index in [0.717, 1.165) is 32.8 Å². The van der Waals surface area contributed by atoms with Crippen molar-refractivity contribution in [1.82, 2.24) is 0 Å². The molecule has 1 saturated heterocycles. The van der Waals surface area contributed by atoms with E-state index < -0.39 is 26.9 Å². The standard InChI is InChI=1S/C13H27O5P.C6H15O5P.CH4O/c1-5-7-13(8-6-2)17-9-12(10-18-13)11-19(14,15-3)16-4;1-10-12(9,11-2)5-6(3-7)4-8;1-2/h12H,5-11H2,1-4H3;6-8H,3-5H2,1-2H3;2H,1H3. The van der Waals surface area contributed by atoms with Crippen molar-refractivity contribution in [1.29, 1.82) is 0 Å². The molecular formula is C20H46O11P2. The van der Waals surface area contributed by atoms with E-state index >= 15 is 0 Å². The van der Waals surface area contributed by atoms with Gasteiger partial charge in [-0.3, -0.25) is 9.13 Å². The lowest BCUT2D eigenvalue weighted by Gasteiger charge is -2.40. The summed E-state index contributed by atoms with van der Waals surface area (Å²) in [5.74, 6) is -0.826. The molecule has 0 radical (unpaired) electrons. The number of hydrogen-bond donors (Lipinski definition) is 3. The monoisotopic (exact) mass is 524 g/mol. The molecule has 0 spiro atoms. The minimum absolute atomic E-state index is 0.0347. The summed E-state index contributed by atoms with van der Waals surface area (Å²) in [5.41, 5.74) is 0. The molecule has 3 N–H and O–H groups in total. The first kappa shape index (κ1) is 35.3. The van der Waals surface area contributed by atoms with Gasteiger partial charge in [0.2, 0.25) is 0 Å². The third-order valence-corrected chi connectivity index (χ3v) is 9.17. The molecule has 0 amide bonds. The Balaban J connectivity index is 0. The summed E-state index contributed by atoms with van der Waals surface area (Å²) in [5, 5.41) is 24.4. The van der Waals surface area contributed by atoms with E-state index in [2.05, 4.69) is 22.9 Å². The van der Waals surface area contributed by atoms with E-state index in [0.29, 0.717) is 19.4 Å². The summed E-state index contributed by atoms with van der Waals surface area (Å²) < 4.78 is 54.5. The Morgan fingerprint density at radius 1 is 0.848 bits per heavy atom. The highest BCUT2D eigenvalue weighted by atomic mass is 31.2. The molecule has 0 unspecified atom stereocenters. The smallest absolute Gasteiger partial charge is 0.330 e. The van der Waals surface area contributed by atoms with Gasteiger partial charge in [-0.2, -0.15) is 0 Å². The van der Waals surface area contributed by atoms with Gasteiger partial charge in [-0.1, -0.05) is 26.7 Å². The van der Waals surface area contributed by atoms with E-state index in [1.165, 1.54) is 28.4 Å². The molecule has 0 aliphatic carbocycles. The van der Waals surface area contributed by atoms with Crippen LogP contribution in [0.4, 0.5) is 0 Å². The molecule has 1 heterocycles. The second-order valence-electron chi connectivity index (χ2n) is 7.45. The van der Waals surface area contributed by atoms with Crippen LogP contribution >= 0.6 is 15.2 Å². The molecule has 33 heavy (non-hydrogen) atoms. The molecule has 0 atom stereocenters. The van der Waals surface area contributed by atoms with Crippen molar-refractivity contribution in [2.45, 2.75) is 45.3 Å². The lowest BCUT2D eigenvalue weighted by atomic mass is 10.0. The van der Waals surface area contributed by atoms with E-state index in [1.807, 2.05) is 0 Å². The second-order valence-corrected chi connectivity index (χ2v) is 12.1. The zero-order valence-corrected chi connectivity index (χ0v) is 23.0. The molecule has 0 bridgehead atoms. The Bertz CT molecular complexity index is 526. The van der Waals surface area contributed by atoms with E-state index in [-0.39, 0.29) is 25.3 Å². The first-order valence-electron chi connectivity index (χ1n) is 11.0. The van der Waals surface area contributed by atoms with E-state index in [1.54, 1.807) is 0 Å². The van der Waals surface area contributed by atoms with Crippen molar-refractivity contribution in [3.05, 3.63) is 0 Å². The third kappa shape index (κ3) is 13.7. The fraction of sp³-hybridized carbons (Fsp3) is 1.00. The number of aliphatic hydroxyl groups excluding tert-OH is 3. The number of rotatable bonds is 14. The first-order valence-corrected chi connectivity index (χ1v) is 14.5. The van der Waals surface area contributed by atoms with Gasteiger partial charge in [0, 0.05) is 73.4 Å². The molecule has 1 fully saturated rings. The Kier molecular flexibility index (Phi) is 20.6. The summed E-state index contributed by atoms with van der Waals surface area (Å²) in [7, 11) is 0.295. The Morgan fingerprint density at radius 3 is 1.55 bits per heavy atom. The quantitative estimate of drug-likeness (QED) is 0.288. The normalized spacial score (nSPS) is 16.6. The summed E-state index contributed by atoms with van der Waals surface area (Å²) in [6.07, 6.45) is 4.24. The van der Waals surface area contributed by atoms with Crippen LogP contribution in [-0.4, -0.2) is 95.4 Å². The second kappa shape index (κ2) is 19.3. The van der Waals surface area contributed by atoms with Gasteiger partial charge in [-0.15, -0.1) is 0 Å². The molecule has 11 nitrogen and oxygen atoms in total. The molecule has 1 aliphatic rings. The third-order valence-electron chi connectivity index (χ3n) is 5.02. The van der Waals surface area contributed by atoms with Gasteiger partial charge in [0.05, 0.1) is 25.5 Å². The average molecular weight is 525 g/mol. The van der Waals surface area contributed by atoms with Crippen LogP contribution in [0.3, 0.4) is 0 Å². The zero-order valence-electron chi connectivity index (χ0n) is 21.2. The number of ether oxygens (including phenoxy) is 2. The summed E-state index contributed by atoms with van der Waals surface area (Å²) in [6, 6.07) is 0. The Hall–Kier alpha value is 0.1000. The van der Waals surface area contributed by atoms with Gasteiger partial charge in [0.25, 0.3) is 0 Å². The molecule has 0 aromatic rings. The molecule has 202 valence electrons. The van der Waals surface area contributed by atoms with Crippen LogP contribution in [-0.2, 0) is 36.7 Å². The fourth-order valence-corrected chi connectivity index (χ4v) is 5.76. The molecule has 0 aromatic heterocycles. The summed E-state index contributed by atoms with van der Waals surface area (Å²) in [4.78, 5) is 0. The summed E-state index contributed by atoms with van der Waals surface area (Å²) >= 11 is 0. The van der Waals surface area contributed by atoms with Crippen molar-refractivity contribution >= 4 is 15.2 Å². The van der Waals surface area contributed by atoms with Crippen LogP contribution in [0.1, 0.15) is 39.5 Å². The zero-order chi connectivity index (χ0) is 26.0. The lowest BCUT2D eigenvalue weighted by Crippen LogP contribution is -2.45. The van der Waals surface area contributed by atoms with Crippen molar-refractivity contribution in [3.63, 3.8) is 0 Å². The topological polar surface area (TPSA) is 150 Å². The lowest BCUT2D eigenvalue weighted by molar-refractivity contribution is -0.287. The van der Waals surface area contributed by atoms with Gasteiger partial charge in [0.15, 0.2) is 5.79 Å². The molecular weight excluding hydrogens is 478 g/mol. The molecule has 13 heteroatoms. The highest BCUT2D eigenvalue weighted by Crippen LogP contribution is 2.49. The van der Waals surface area contributed by atoms with Gasteiger partial charge in [-0.05, 0) is 0 Å². The predicted molar refractivity (Wildman–Crippen MR) is 127 cm³/mol. The Labute approximate surface area is 199 Å². The van der Waals surface area contributed by atoms with Crippen molar-refractivity contribution in [2.24, 2.45) is 11.8 Å². The highest BCUT2D eigenvalue weighted by molar-refractivity contribution is 7.54. The summed E-state index contributed by atoms with van der Waals surface area (Å²) in [6.45, 7) is 4.90. The Morgan fingerprint density at radius 2 is 1.24 bits per heavy atom. The minimum atomic E-state index is -3.09. The van der Waals surface area contributed by atoms with Crippen LogP contribution in [0.15, 0.2) is 0 Å². The fourth-order valence-electron chi connectivity index (χ4n) is 3.16. The van der Waals surface area contributed by atoms with Crippen LogP contribution in [0.25, 0.3) is 0 Å². The van der Waals surface area contributed by atoms with Crippen molar-refractivity contribution in [3.8, 4) is 0 Å². The van der Waals surface area contributed by atoms with Crippen LogP contribution < -0.4 is 0 Å². The van der Waals surface area contributed by atoms with E-state index in [9.17, 15) is 9.13 Å². The molecule has 1 aliphatic heterocycles. The molecule has 1 rings (SSSR count). The molecule has 0 aromatic carbocycles. The van der Waals surface area contributed by atoms with Crippen LogP contribution in [0, 0.1) is 11.8 Å². The number of hydrogen-bond acceptors (Lipinski definition) is 11. The average Bonchev–Trinajstić information content (AvgIpc) is 2.86. The first-order chi connectivity index (χ1) is 15.6. The highest BCUT2D eigenvalue weighted by Gasteiger charge is 2.38.